The van der Waals surface area contributed by atoms with Gasteiger partial charge in [0.15, 0.2) is 0 Å². The molecule has 3 heteroatoms. The van der Waals surface area contributed by atoms with Crippen molar-refractivity contribution in [3.8, 4) is 0 Å². The van der Waals surface area contributed by atoms with Crippen molar-refractivity contribution in [2.45, 2.75) is 6.42 Å². The summed E-state index contributed by atoms with van der Waals surface area (Å²) in [6.07, 6.45) is 1.25. The zero-order valence-electron chi connectivity index (χ0n) is 9.03. The lowest BCUT2D eigenvalue weighted by atomic mass is 9.92. The van der Waals surface area contributed by atoms with E-state index < -0.39 is 0 Å². The molecular formula is C10H22N2O. The molecule has 1 fully saturated rings. The van der Waals surface area contributed by atoms with Gasteiger partial charge in [-0.3, -0.25) is 0 Å². The van der Waals surface area contributed by atoms with Gasteiger partial charge in [0.2, 0.25) is 0 Å². The molecule has 0 spiro atoms. The van der Waals surface area contributed by atoms with Crippen LogP contribution in [0.4, 0.5) is 0 Å². The van der Waals surface area contributed by atoms with Crippen molar-refractivity contribution in [2.24, 2.45) is 11.8 Å². The van der Waals surface area contributed by atoms with Gasteiger partial charge in [-0.25, -0.2) is 0 Å². The van der Waals surface area contributed by atoms with Crippen molar-refractivity contribution in [3.63, 3.8) is 0 Å². The molecule has 1 aliphatic rings. The predicted octanol–water partition coefficient (Wildman–Crippen LogP) is 0.108. The highest BCUT2D eigenvalue weighted by Gasteiger charge is 2.27. The Bertz CT molecular complexity index is 150. The molecule has 0 saturated carbocycles. The molecule has 0 aliphatic carbocycles. The lowest BCUT2D eigenvalue weighted by Gasteiger charge is -2.24. The molecule has 1 rings (SSSR count). The Morgan fingerprint density at radius 2 is 2.23 bits per heavy atom. The molecule has 0 aromatic carbocycles. The smallest absolute Gasteiger partial charge is 0.0474 e. The van der Waals surface area contributed by atoms with E-state index in [-0.39, 0.29) is 0 Å². The molecule has 0 radical (unpaired) electrons. The third kappa shape index (κ3) is 3.25. The van der Waals surface area contributed by atoms with Gasteiger partial charge >= 0.3 is 0 Å². The number of hydrogen-bond donors (Lipinski definition) is 1. The maximum atomic E-state index is 9.28. The largest absolute Gasteiger partial charge is 0.396 e. The summed E-state index contributed by atoms with van der Waals surface area (Å²) < 4.78 is 0. The molecule has 3 nitrogen and oxygen atoms in total. The fraction of sp³-hybridized carbons (Fsp3) is 1.00. The second-order valence-corrected chi connectivity index (χ2v) is 4.52. The van der Waals surface area contributed by atoms with E-state index >= 15 is 0 Å². The summed E-state index contributed by atoms with van der Waals surface area (Å²) in [5, 5.41) is 9.28. The van der Waals surface area contributed by atoms with Crippen LogP contribution in [0.15, 0.2) is 0 Å². The molecule has 13 heavy (non-hydrogen) atoms. The summed E-state index contributed by atoms with van der Waals surface area (Å²) in [7, 11) is 6.30. The molecule has 78 valence electrons. The van der Waals surface area contributed by atoms with Crippen molar-refractivity contribution >= 4 is 0 Å². The first-order valence-corrected chi connectivity index (χ1v) is 5.07. The van der Waals surface area contributed by atoms with Crippen LogP contribution < -0.4 is 0 Å². The first kappa shape index (κ1) is 11.0. The monoisotopic (exact) mass is 186 g/mol. The third-order valence-electron chi connectivity index (χ3n) is 2.93. The quantitative estimate of drug-likeness (QED) is 0.675. The molecular weight excluding hydrogens is 164 g/mol. The minimum Gasteiger partial charge on any atom is -0.396 e. The fourth-order valence-corrected chi connectivity index (χ4v) is 2.18. The van der Waals surface area contributed by atoms with Gasteiger partial charge in [0.1, 0.15) is 0 Å². The molecule has 2 unspecified atom stereocenters. The first-order valence-electron chi connectivity index (χ1n) is 5.07. The van der Waals surface area contributed by atoms with Crippen LogP contribution in [-0.4, -0.2) is 62.3 Å². The Kier molecular flexibility index (Phi) is 4.16. The average Bonchev–Trinajstić information content (AvgIpc) is 2.47. The van der Waals surface area contributed by atoms with Crippen LogP contribution in [0, 0.1) is 11.8 Å². The minimum absolute atomic E-state index is 0.330. The molecule has 2 atom stereocenters. The Labute approximate surface area is 81.3 Å². The van der Waals surface area contributed by atoms with Gasteiger partial charge in [0.25, 0.3) is 0 Å². The van der Waals surface area contributed by atoms with Gasteiger partial charge in [-0.05, 0) is 45.9 Å². The van der Waals surface area contributed by atoms with E-state index in [0.717, 1.165) is 13.1 Å². The van der Waals surface area contributed by atoms with Gasteiger partial charge in [-0.2, -0.15) is 0 Å². The second-order valence-electron chi connectivity index (χ2n) is 4.52. The zero-order chi connectivity index (χ0) is 9.84. The van der Waals surface area contributed by atoms with E-state index in [4.69, 9.17) is 0 Å². The highest BCUT2D eigenvalue weighted by Crippen LogP contribution is 2.23. The highest BCUT2D eigenvalue weighted by molar-refractivity contribution is 4.80. The number of rotatable bonds is 4. The molecule has 1 N–H and O–H groups in total. The summed E-state index contributed by atoms with van der Waals surface area (Å²) >= 11 is 0. The van der Waals surface area contributed by atoms with Crippen molar-refractivity contribution in [1.82, 2.24) is 9.80 Å². The van der Waals surface area contributed by atoms with E-state index in [1.807, 2.05) is 0 Å². The van der Waals surface area contributed by atoms with Crippen molar-refractivity contribution in [1.29, 1.82) is 0 Å². The molecule has 1 aliphatic heterocycles. The highest BCUT2D eigenvalue weighted by atomic mass is 16.3. The first-order chi connectivity index (χ1) is 6.13. The number of aliphatic hydroxyl groups excluding tert-OH is 1. The SMILES string of the molecule is CN(C)CC(CO)C1CCN(C)C1. The summed E-state index contributed by atoms with van der Waals surface area (Å²) in [6.45, 7) is 3.68. The van der Waals surface area contributed by atoms with E-state index in [2.05, 4.69) is 30.9 Å². The zero-order valence-corrected chi connectivity index (χ0v) is 9.03. The maximum Gasteiger partial charge on any atom is 0.0474 e. The Morgan fingerprint density at radius 1 is 1.54 bits per heavy atom. The summed E-state index contributed by atoms with van der Waals surface area (Å²) in [6, 6.07) is 0. The van der Waals surface area contributed by atoms with Crippen molar-refractivity contribution < 1.29 is 5.11 Å². The van der Waals surface area contributed by atoms with Gasteiger partial charge in [0, 0.05) is 19.7 Å². The van der Waals surface area contributed by atoms with Gasteiger partial charge in [0.05, 0.1) is 0 Å². The van der Waals surface area contributed by atoms with E-state index in [1.165, 1.54) is 13.0 Å². The van der Waals surface area contributed by atoms with Crippen molar-refractivity contribution in [3.05, 3.63) is 0 Å². The summed E-state index contributed by atoms with van der Waals surface area (Å²) in [5.74, 6) is 1.15. The Balaban J connectivity index is 2.37. The molecule has 0 bridgehead atoms. The Hall–Kier alpha value is -0.120. The van der Waals surface area contributed by atoms with Crippen LogP contribution in [0.25, 0.3) is 0 Å². The van der Waals surface area contributed by atoms with Crippen LogP contribution in [0.1, 0.15) is 6.42 Å². The van der Waals surface area contributed by atoms with Gasteiger partial charge in [-0.15, -0.1) is 0 Å². The average molecular weight is 186 g/mol. The molecule has 1 saturated heterocycles. The Morgan fingerprint density at radius 3 is 2.62 bits per heavy atom. The van der Waals surface area contributed by atoms with Crippen LogP contribution in [0.5, 0.6) is 0 Å². The van der Waals surface area contributed by atoms with Crippen molar-refractivity contribution in [2.75, 3.05) is 47.4 Å². The predicted molar refractivity (Wildman–Crippen MR) is 54.7 cm³/mol. The van der Waals surface area contributed by atoms with Crippen LogP contribution in [0.2, 0.25) is 0 Å². The topological polar surface area (TPSA) is 26.7 Å². The standard InChI is InChI=1S/C10H22N2O/c1-11(2)6-10(8-13)9-4-5-12(3)7-9/h9-10,13H,4-8H2,1-3H3. The number of hydrogen-bond acceptors (Lipinski definition) is 3. The van der Waals surface area contributed by atoms with Crippen LogP contribution in [0.3, 0.4) is 0 Å². The third-order valence-corrected chi connectivity index (χ3v) is 2.93. The molecule has 0 amide bonds. The van der Waals surface area contributed by atoms with Crippen LogP contribution >= 0.6 is 0 Å². The molecule has 1 heterocycles. The maximum absolute atomic E-state index is 9.28. The molecule has 0 aromatic heterocycles. The number of nitrogens with zero attached hydrogens (tertiary/aromatic N) is 2. The fourth-order valence-electron chi connectivity index (χ4n) is 2.18. The lowest BCUT2D eigenvalue weighted by Crippen LogP contribution is -2.31. The minimum atomic E-state index is 0.330. The van der Waals surface area contributed by atoms with E-state index in [9.17, 15) is 5.11 Å². The van der Waals surface area contributed by atoms with Gasteiger partial charge in [-0.1, -0.05) is 0 Å². The van der Waals surface area contributed by atoms with E-state index in [1.54, 1.807) is 0 Å². The lowest BCUT2D eigenvalue weighted by molar-refractivity contribution is 0.145. The summed E-state index contributed by atoms with van der Waals surface area (Å²) in [4.78, 5) is 4.52. The van der Waals surface area contributed by atoms with Gasteiger partial charge < -0.3 is 14.9 Å². The normalized spacial score (nSPS) is 27.0. The number of likely N-dealkylation sites (tertiary alicyclic amines) is 1. The molecule has 0 aromatic rings. The second kappa shape index (κ2) is 4.94. The van der Waals surface area contributed by atoms with Crippen LogP contribution in [-0.2, 0) is 0 Å². The summed E-state index contributed by atoms with van der Waals surface area (Å²) in [5.41, 5.74) is 0. The van der Waals surface area contributed by atoms with E-state index in [0.29, 0.717) is 18.4 Å². The number of aliphatic hydroxyl groups is 1.